The van der Waals surface area contributed by atoms with Gasteiger partial charge in [0.25, 0.3) is 0 Å². The average Bonchev–Trinajstić information content (AvgIpc) is 2.82. The minimum absolute atomic E-state index is 0.0334. The molecular weight excluding hydrogens is 280 g/mol. The normalized spacial score (nSPS) is 10.3. The smallest absolute Gasteiger partial charge is 0.323 e. The Bertz CT molecular complexity index is 498. The van der Waals surface area contributed by atoms with Gasteiger partial charge in [-0.3, -0.25) is 14.4 Å². The number of nitrogens with zero attached hydrogens (tertiary/aromatic N) is 3. The maximum atomic E-state index is 11.9. The number of amides is 2. The second-order valence-corrected chi connectivity index (χ2v) is 4.46. The summed E-state index contributed by atoms with van der Waals surface area (Å²) in [7, 11) is 0. The summed E-state index contributed by atoms with van der Waals surface area (Å²) < 4.78 is 4.97. The van der Waals surface area contributed by atoms with Gasteiger partial charge in [0, 0.05) is 19.3 Å². The van der Waals surface area contributed by atoms with E-state index in [1.807, 2.05) is 6.92 Å². The fourth-order valence-corrected chi connectivity index (χ4v) is 1.67. The van der Waals surface area contributed by atoms with Gasteiger partial charge in [0.15, 0.2) is 5.82 Å². The number of hydrogen-bond acceptors (Lipinski definition) is 6. The Morgan fingerprint density at radius 3 is 2.57 bits per heavy atom. The predicted molar refractivity (Wildman–Crippen MR) is 70.0 cm³/mol. The first kappa shape index (κ1) is 16.6. The molecule has 0 aliphatic rings. The van der Waals surface area contributed by atoms with E-state index in [1.54, 1.807) is 0 Å². The zero-order valence-corrected chi connectivity index (χ0v) is 11.7. The summed E-state index contributed by atoms with van der Waals surface area (Å²) in [6.07, 6.45) is 1.71. The van der Waals surface area contributed by atoms with Gasteiger partial charge in [-0.1, -0.05) is 12.1 Å². The molecule has 0 saturated heterocycles. The van der Waals surface area contributed by atoms with Crippen molar-refractivity contribution < 1.29 is 24.0 Å². The molecule has 21 heavy (non-hydrogen) atoms. The van der Waals surface area contributed by atoms with Gasteiger partial charge in [0.05, 0.1) is 6.54 Å². The molecule has 3 N–H and O–H groups in total. The van der Waals surface area contributed by atoms with Crippen LogP contribution in [-0.4, -0.2) is 51.0 Å². The lowest BCUT2D eigenvalue weighted by Gasteiger charge is -2.18. The summed E-state index contributed by atoms with van der Waals surface area (Å²) in [6, 6.07) is 0. The van der Waals surface area contributed by atoms with Crippen molar-refractivity contribution in [1.82, 2.24) is 15.0 Å². The molecule has 0 fully saturated rings. The Hall–Kier alpha value is -2.45. The van der Waals surface area contributed by atoms with E-state index >= 15 is 0 Å². The van der Waals surface area contributed by atoms with Crippen LogP contribution in [0.1, 0.15) is 31.5 Å². The lowest BCUT2D eigenvalue weighted by molar-refractivity contribution is -0.145. The van der Waals surface area contributed by atoms with Crippen molar-refractivity contribution in [1.29, 1.82) is 0 Å². The Labute approximate surface area is 121 Å². The van der Waals surface area contributed by atoms with E-state index in [0.29, 0.717) is 18.1 Å². The standard InChI is InChI=1S/C12H18N4O5/c1-2-3-9-14-10(21-15-9)4-5-11(18)16(6-8(13)17)7-12(19)20/h2-7H2,1H3,(H2,13,17)(H,19,20). The van der Waals surface area contributed by atoms with Crippen molar-refractivity contribution in [2.45, 2.75) is 32.6 Å². The van der Waals surface area contributed by atoms with Crippen LogP contribution in [0.25, 0.3) is 0 Å². The number of primary amides is 1. The van der Waals surface area contributed by atoms with Crippen LogP contribution in [0.15, 0.2) is 4.52 Å². The number of aliphatic carboxylic acids is 1. The minimum Gasteiger partial charge on any atom is -0.480 e. The summed E-state index contributed by atoms with van der Waals surface area (Å²) >= 11 is 0. The van der Waals surface area contributed by atoms with Crippen LogP contribution in [0.3, 0.4) is 0 Å². The van der Waals surface area contributed by atoms with Crippen LogP contribution in [0.4, 0.5) is 0 Å². The highest BCUT2D eigenvalue weighted by Crippen LogP contribution is 2.05. The van der Waals surface area contributed by atoms with Gasteiger partial charge < -0.3 is 20.3 Å². The number of carboxylic acids is 1. The largest absolute Gasteiger partial charge is 0.480 e. The SMILES string of the molecule is CCCc1noc(CCC(=O)N(CC(N)=O)CC(=O)O)n1. The highest BCUT2D eigenvalue weighted by Gasteiger charge is 2.19. The monoisotopic (exact) mass is 298 g/mol. The van der Waals surface area contributed by atoms with Crippen LogP contribution in [0, 0.1) is 0 Å². The molecule has 0 radical (unpaired) electrons. The maximum absolute atomic E-state index is 11.9. The van der Waals surface area contributed by atoms with Gasteiger partial charge in [-0.15, -0.1) is 0 Å². The quantitative estimate of drug-likeness (QED) is 0.617. The van der Waals surface area contributed by atoms with Crippen molar-refractivity contribution in [2.24, 2.45) is 5.73 Å². The fourth-order valence-electron chi connectivity index (χ4n) is 1.67. The third kappa shape index (κ3) is 6.02. The van der Waals surface area contributed by atoms with E-state index in [9.17, 15) is 14.4 Å². The van der Waals surface area contributed by atoms with E-state index < -0.39 is 30.9 Å². The first-order valence-corrected chi connectivity index (χ1v) is 6.51. The molecule has 0 unspecified atom stereocenters. The van der Waals surface area contributed by atoms with Crippen molar-refractivity contribution in [3.05, 3.63) is 11.7 Å². The number of rotatable bonds is 9. The fraction of sp³-hybridized carbons (Fsp3) is 0.583. The first-order chi connectivity index (χ1) is 9.92. The molecule has 1 aromatic rings. The number of hydrogen-bond donors (Lipinski definition) is 2. The molecule has 0 aliphatic carbocycles. The van der Waals surface area contributed by atoms with E-state index in [2.05, 4.69) is 10.1 Å². The molecule has 9 nitrogen and oxygen atoms in total. The molecule has 0 saturated carbocycles. The number of carbonyl (C=O) groups is 3. The molecular formula is C12H18N4O5. The van der Waals surface area contributed by atoms with Gasteiger partial charge in [-0.05, 0) is 6.42 Å². The van der Waals surface area contributed by atoms with Crippen LogP contribution < -0.4 is 5.73 Å². The first-order valence-electron chi connectivity index (χ1n) is 6.51. The van der Waals surface area contributed by atoms with Gasteiger partial charge in [-0.25, -0.2) is 0 Å². The Kier molecular flexibility index (Phi) is 6.31. The summed E-state index contributed by atoms with van der Waals surface area (Å²) in [5.41, 5.74) is 4.98. The topological polar surface area (TPSA) is 140 Å². The van der Waals surface area contributed by atoms with E-state index in [-0.39, 0.29) is 12.8 Å². The number of carboxylic acid groups (broad SMARTS) is 1. The van der Waals surface area contributed by atoms with E-state index in [4.69, 9.17) is 15.4 Å². The van der Waals surface area contributed by atoms with E-state index in [1.165, 1.54) is 0 Å². The van der Waals surface area contributed by atoms with Crippen LogP contribution in [-0.2, 0) is 27.2 Å². The molecule has 0 aromatic carbocycles. The van der Waals surface area contributed by atoms with E-state index in [0.717, 1.165) is 11.3 Å². The zero-order chi connectivity index (χ0) is 15.8. The molecule has 0 atom stereocenters. The second kappa shape index (κ2) is 7.98. The molecule has 1 rings (SSSR count). The zero-order valence-electron chi connectivity index (χ0n) is 11.7. The number of aryl methyl sites for hydroxylation is 2. The van der Waals surface area contributed by atoms with Crippen LogP contribution in [0.5, 0.6) is 0 Å². The summed E-state index contributed by atoms with van der Waals surface area (Å²) in [6.45, 7) is 0.968. The van der Waals surface area contributed by atoms with Gasteiger partial charge in [0.2, 0.25) is 17.7 Å². The Morgan fingerprint density at radius 1 is 1.29 bits per heavy atom. The predicted octanol–water partition coefficient (Wildman–Crippen LogP) is -0.647. The lowest BCUT2D eigenvalue weighted by atomic mass is 10.2. The molecule has 2 amide bonds. The molecule has 1 aromatic heterocycles. The van der Waals surface area contributed by atoms with Crippen LogP contribution >= 0.6 is 0 Å². The second-order valence-electron chi connectivity index (χ2n) is 4.46. The highest BCUT2D eigenvalue weighted by atomic mass is 16.5. The number of nitrogens with two attached hydrogens (primary N) is 1. The highest BCUT2D eigenvalue weighted by molar-refractivity contribution is 5.86. The van der Waals surface area contributed by atoms with Gasteiger partial charge in [0.1, 0.15) is 6.54 Å². The van der Waals surface area contributed by atoms with Crippen molar-refractivity contribution in [3.63, 3.8) is 0 Å². The molecule has 116 valence electrons. The summed E-state index contributed by atoms with van der Waals surface area (Å²) in [4.78, 5) is 38.4. The Balaban J connectivity index is 2.55. The number of carbonyl (C=O) groups excluding carboxylic acids is 2. The minimum atomic E-state index is -1.22. The number of aromatic nitrogens is 2. The van der Waals surface area contributed by atoms with Crippen LogP contribution in [0.2, 0.25) is 0 Å². The van der Waals surface area contributed by atoms with Crippen molar-refractivity contribution in [2.75, 3.05) is 13.1 Å². The summed E-state index contributed by atoms with van der Waals surface area (Å²) in [5.74, 6) is -1.62. The molecule has 1 heterocycles. The van der Waals surface area contributed by atoms with Gasteiger partial charge in [-0.2, -0.15) is 4.98 Å². The molecule has 9 heteroatoms. The summed E-state index contributed by atoms with van der Waals surface area (Å²) in [5, 5.41) is 12.5. The van der Waals surface area contributed by atoms with Gasteiger partial charge >= 0.3 is 5.97 Å². The Morgan fingerprint density at radius 2 is 2.00 bits per heavy atom. The third-order valence-corrected chi connectivity index (χ3v) is 2.56. The van der Waals surface area contributed by atoms with Crippen molar-refractivity contribution in [3.8, 4) is 0 Å². The maximum Gasteiger partial charge on any atom is 0.323 e. The van der Waals surface area contributed by atoms with Crippen molar-refractivity contribution >= 4 is 17.8 Å². The average molecular weight is 298 g/mol. The molecule has 0 spiro atoms. The lowest BCUT2D eigenvalue weighted by Crippen LogP contribution is -2.41. The third-order valence-electron chi connectivity index (χ3n) is 2.56. The molecule has 0 aliphatic heterocycles. The molecule has 0 bridgehead atoms.